The van der Waals surface area contributed by atoms with Crippen LogP contribution in [0.2, 0.25) is 0 Å². The molecule has 9 heteroatoms. The van der Waals surface area contributed by atoms with Gasteiger partial charge in [0.2, 0.25) is 5.09 Å². The van der Waals surface area contributed by atoms with Gasteiger partial charge in [-0.3, -0.25) is 0 Å². The van der Waals surface area contributed by atoms with E-state index in [1.54, 1.807) is 24.0 Å². The summed E-state index contributed by atoms with van der Waals surface area (Å²) >= 11 is 0. The Morgan fingerprint density at radius 3 is 2.85 bits per heavy atom. The molecular formula is C11H17N5O3S. The molecule has 0 saturated heterocycles. The Kier molecular flexibility index (Phi) is 4.53. The fraction of sp³-hybridized carbons (Fsp3) is 0.455. The molecule has 0 unspecified atom stereocenters. The zero-order valence-corrected chi connectivity index (χ0v) is 12.1. The molecule has 2 rings (SSSR count). The largest absolute Gasteiger partial charge is 0.447 e. The van der Waals surface area contributed by atoms with E-state index in [-0.39, 0.29) is 11.6 Å². The Labute approximate surface area is 117 Å². The number of hydrogen-bond donors (Lipinski definition) is 2. The number of nitrogens with zero attached hydrogens (tertiary/aromatic N) is 3. The second kappa shape index (κ2) is 6.16. The SMILES string of the molecule is CCn1cnnc1CNS(=O)(=O)c1ccc(CNC)o1. The first-order chi connectivity index (χ1) is 9.56. The molecule has 0 fully saturated rings. The van der Waals surface area contributed by atoms with Crippen molar-refractivity contribution in [1.82, 2.24) is 24.8 Å². The smallest absolute Gasteiger partial charge is 0.274 e. The summed E-state index contributed by atoms with van der Waals surface area (Å²) in [5, 5.41) is 10.4. The van der Waals surface area contributed by atoms with Crippen molar-refractivity contribution in [3.05, 3.63) is 30.0 Å². The number of rotatable bonds is 7. The van der Waals surface area contributed by atoms with E-state index in [0.29, 0.717) is 24.7 Å². The maximum absolute atomic E-state index is 12.1. The van der Waals surface area contributed by atoms with Gasteiger partial charge in [0, 0.05) is 6.54 Å². The quantitative estimate of drug-likeness (QED) is 0.751. The summed E-state index contributed by atoms with van der Waals surface area (Å²) in [6.07, 6.45) is 1.56. The van der Waals surface area contributed by atoms with E-state index >= 15 is 0 Å². The molecule has 0 aliphatic carbocycles. The van der Waals surface area contributed by atoms with Gasteiger partial charge in [-0.1, -0.05) is 0 Å². The molecule has 0 aromatic carbocycles. The summed E-state index contributed by atoms with van der Waals surface area (Å²) in [6, 6.07) is 3.05. The number of aromatic nitrogens is 3. The molecule has 0 saturated carbocycles. The van der Waals surface area contributed by atoms with Gasteiger partial charge in [0.25, 0.3) is 10.0 Å². The number of sulfonamides is 1. The molecule has 0 aliphatic rings. The molecule has 2 aromatic heterocycles. The maximum Gasteiger partial charge on any atom is 0.274 e. The highest BCUT2D eigenvalue weighted by Crippen LogP contribution is 2.13. The van der Waals surface area contributed by atoms with Crippen molar-refractivity contribution in [1.29, 1.82) is 0 Å². The van der Waals surface area contributed by atoms with Crippen LogP contribution in [0.4, 0.5) is 0 Å². The van der Waals surface area contributed by atoms with Crippen LogP contribution in [0.25, 0.3) is 0 Å². The van der Waals surface area contributed by atoms with Crippen LogP contribution in [0, 0.1) is 0 Å². The van der Waals surface area contributed by atoms with Gasteiger partial charge >= 0.3 is 0 Å². The summed E-state index contributed by atoms with van der Waals surface area (Å²) in [5.74, 6) is 1.11. The van der Waals surface area contributed by atoms with Crippen molar-refractivity contribution in [2.24, 2.45) is 0 Å². The highest BCUT2D eigenvalue weighted by atomic mass is 32.2. The average molecular weight is 299 g/mol. The lowest BCUT2D eigenvalue weighted by atomic mass is 10.4. The first-order valence-electron chi connectivity index (χ1n) is 6.16. The first-order valence-corrected chi connectivity index (χ1v) is 7.64. The molecule has 0 bridgehead atoms. The van der Waals surface area contributed by atoms with Crippen LogP contribution < -0.4 is 10.0 Å². The molecule has 2 N–H and O–H groups in total. The fourth-order valence-corrected chi connectivity index (χ4v) is 2.61. The van der Waals surface area contributed by atoms with E-state index in [9.17, 15) is 8.42 Å². The fourth-order valence-electron chi connectivity index (χ4n) is 1.68. The van der Waals surface area contributed by atoms with E-state index in [0.717, 1.165) is 0 Å². The molecule has 0 aliphatic heterocycles. The van der Waals surface area contributed by atoms with Gasteiger partial charge in [-0.15, -0.1) is 10.2 Å². The van der Waals surface area contributed by atoms with Gasteiger partial charge in [0.15, 0.2) is 0 Å². The van der Waals surface area contributed by atoms with E-state index in [1.807, 2.05) is 6.92 Å². The molecular weight excluding hydrogens is 282 g/mol. The summed E-state index contributed by atoms with van der Waals surface area (Å²) in [5.41, 5.74) is 0. The van der Waals surface area contributed by atoms with Gasteiger partial charge in [-0.2, -0.15) is 0 Å². The Morgan fingerprint density at radius 1 is 1.35 bits per heavy atom. The summed E-state index contributed by atoms with van der Waals surface area (Å²) < 4.78 is 33.6. The van der Waals surface area contributed by atoms with E-state index in [1.165, 1.54) is 6.07 Å². The van der Waals surface area contributed by atoms with Crippen molar-refractivity contribution in [2.45, 2.75) is 31.7 Å². The van der Waals surface area contributed by atoms with E-state index in [2.05, 4.69) is 20.2 Å². The molecule has 110 valence electrons. The normalized spacial score (nSPS) is 11.9. The summed E-state index contributed by atoms with van der Waals surface area (Å²) in [4.78, 5) is 0. The van der Waals surface area contributed by atoms with Gasteiger partial charge in [0.05, 0.1) is 13.1 Å². The van der Waals surface area contributed by atoms with Crippen LogP contribution in [0.3, 0.4) is 0 Å². The Morgan fingerprint density at radius 2 is 2.15 bits per heavy atom. The third-order valence-electron chi connectivity index (χ3n) is 2.71. The van der Waals surface area contributed by atoms with Gasteiger partial charge < -0.3 is 14.3 Å². The maximum atomic E-state index is 12.1. The molecule has 2 aromatic rings. The zero-order chi connectivity index (χ0) is 14.6. The summed E-state index contributed by atoms with van der Waals surface area (Å²) in [7, 11) is -1.93. The second-order valence-electron chi connectivity index (χ2n) is 4.11. The summed E-state index contributed by atoms with van der Waals surface area (Å²) in [6.45, 7) is 3.15. The number of furan rings is 1. The second-order valence-corrected chi connectivity index (χ2v) is 5.81. The van der Waals surface area contributed by atoms with Crippen molar-refractivity contribution in [3.8, 4) is 0 Å². The number of nitrogens with one attached hydrogen (secondary N) is 2. The van der Waals surface area contributed by atoms with Crippen LogP contribution >= 0.6 is 0 Å². The van der Waals surface area contributed by atoms with Gasteiger partial charge in [-0.05, 0) is 26.1 Å². The van der Waals surface area contributed by atoms with Crippen molar-refractivity contribution in [3.63, 3.8) is 0 Å². The van der Waals surface area contributed by atoms with E-state index in [4.69, 9.17) is 4.42 Å². The van der Waals surface area contributed by atoms with Gasteiger partial charge in [0.1, 0.15) is 17.9 Å². The molecule has 20 heavy (non-hydrogen) atoms. The number of aryl methyl sites for hydroxylation is 1. The zero-order valence-electron chi connectivity index (χ0n) is 11.3. The molecule has 0 spiro atoms. The van der Waals surface area contributed by atoms with Crippen LogP contribution in [-0.2, 0) is 29.7 Å². The third-order valence-corrected chi connectivity index (χ3v) is 3.98. The van der Waals surface area contributed by atoms with Crippen LogP contribution in [-0.4, -0.2) is 30.2 Å². The van der Waals surface area contributed by atoms with Crippen molar-refractivity contribution < 1.29 is 12.8 Å². The highest BCUT2D eigenvalue weighted by molar-refractivity contribution is 7.89. The molecule has 2 heterocycles. The van der Waals surface area contributed by atoms with Crippen LogP contribution in [0.1, 0.15) is 18.5 Å². The molecule has 8 nitrogen and oxygen atoms in total. The molecule has 0 radical (unpaired) electrons. The molecule has 0 atom stereocenters. The van der Waals surface area contributed by atoms with Gasteiger partial charge in [-0.25, -0.2) is 13.1 Å². The van der Waals surface area contributed by atoms with Crippen LogP contribution in [0.5, 0.6) is 0 Å². The lowest BCUT2D eigenvalue weighted by molar-refractivity contribution is 0.404. The Hall–Kier alpha value is -1.71. The lowest BCUT2D eigenvalue weighted by Crippen LogP contribution is -2.24. The topological polar surface area (TPSA) is 102 Å². The predicted molar refractivity (Wildman–Crippen MR) is 71.2 cm³/mol. The monoisotopic (exact) mass is 299 g/mol. The van der Waals surface area contributed by atoms with Crippen molar-refractivity contribution >= 4 is 10.0 Å². The standard InChI is InChI=1S/C11H17N5O3S/c1-3-16-8-13-15-10(16)7-14-20(17,18)11-5-4-9(19-11)6-12-2/h4-5,8,12,14H,3,6-7H2,1-2H3. The Bertz CT molecular complexity index is 661. The van der Waals surface area contributed by atoms with Crippen molar-refractivity contribution in [2.75, 3.05) is 7.05 Å². The van der Waals surface area contributed by atoms with Crippen LogP contribution in [0.15, 0.2) is 28.0 Å². The Balaban J connectivity index is 2.07. The first kappa shape index (κ1) is 14.7. The van der Waals surface area contributed by atoms with E-state index < -0.39 is 10.0 Å². The minimum atomic E-state index is -3.68. The average Bonchev–Trinajstić information content (AvgIpc) is 3.05. The lowest BCUT2D eigenvalue weighted by Gasteiger charge is -2.05. The number of hydrogen-bond acceptors (Lipinski definition) is 6. The third kappa shape index (κ3) is 3.24. The molecule has 0 amide bonds. The minimum Gasteiger partial charge on any atom is -0.447 e. The predicted octanol–water partition coefficient (Wildman–Crippen LogP) is 0.0889. The minimum absolute atomic E-state index is 0.0677. The highest BCUT2D eigenvalue weighted by Gasteiger charge is 2.19.